The molecule has 1 N–H and O–H groups in total. The average molecular weight is 490 g/mol. The molecule has 3 aromatic carbocycles. The topological polar surface area (TPSA) is 37.3 Å². The molecule has 0 radical (unpaired) electrons. The molecule has 0 unspecified atom stereocenters. The van der Waals surface area contributed by atoms with Gasteiger partial charge in [0.15, 0.2) is 0 Å². The van der Waals surface area contributed by atoms with Gasteiger partial charge in [0.05, 0.1) is 0 Å². The first kappa shape index (κ1) is 23.6. The lowest BCUT2D eigenvalue weighted by Gasteiger charge is -2.31. The molecule has 0 saturated carbocycles. The molecular weight excluding hydrogens is 461 g/mol. The van der Waals surface area contributed by atoms with E-state index in [2.05, 4.69) is 51.2 Å². The molecular formula is C29H29ClFN3O. The fraction of sp³-hybridized carbons (Fsp3) is 0.276. The third-order valence-electron chi connectivity index (χ3n) is 6.85. The molecule has 0 bridgehead atoms. The number of nitrogens with zero attached hydrogens (tertiary/aromatic N) is 2. The predicted octanol–water partition coefficient (Wildman–Crippen LogP) is 6.01. The molecule has 0 atom stereocenters. The van der Waals surface area contributed by atoms with Crippen molar-refractivity contribution in [1.82, 2.24) is 14.8 Å². The van der Waals surface area contributed by atoms with Crippen molar-refractivity contribution in [2.45, 2.75) is 32.5 Å². The molecule has 1 saturated heterocycles. The van der Waals surface area contributed by atoms with Crippen molar-refractivity contribution in [1.29, 1.82) is 0 Å². The highest BCUT2D eigenvalue weighted by Crippen LogP contribution is 2.25. The number of fused-ring (bicyclic) bond motifs is 1. The van der Waals surface area contributed by atoms with E-state index < -0.39 is 0 Å². The van der Waals surface area contributed by atoms with Crippen molar-refractivity contribution in [3.8, 4) is 0 Å². The van der Waals surface area contributed by atoms with Gasteiger partial charge in [-0.1, -0.05) is 54.1 Å². The van der Waals surface area contributed by atoms with E-state index >= 15 is 0 Å². The number of carbonyl (C=O) groups excluding carboxylic acids is 1. The van der Waals surface area contributed by atoms with E-state index in [9.17, 15) is 9.18 Å². The molecule has 5 rings (SSSR count). The molecule has 2 heterocycles. The summed E-state index contributed by atoms with van der Waals surface area (Å²) in [5.74, 6) is -0.160. The highest BCUT2D eigenvalue weighted by molar-refractivity contribution is 6.30. The maximum Gasteiger partial charge on any atom is 0.223 e. The van der Waals surface area contributed by atoms with Gasteiger partial charge < -0.3 is 9.88 Å². The fourth-order valence-corrected chi connectivity index (χ4v) is 5.13. The van der Waals surface area contributed by atoms with Crippen molar-refractivity contribution in [2.24, 2.45) is 5.92 Å². The number of benzene rings is 3. The molecule has 1 amide bonds. The van der Waals surface area contributed by atoms with Crippen molar-refractivity contribution in [2.75, 3.05) is 13.1 Å². The third-order valence-corrected chi connectivity index (χ3v) is 7.09. The fourth-order valence-electron chi connectivity index (χ4n) is 4.92. The molecule has 35 heavy (non-hydrogen) atoms. The van der Waals surface area contributed by atoms with Crippen LogP contribution in [0.2, 0.25) is 5.02 Å². The minimum atomic E-state index is -0.265. The van der Waals surface area contributed by atoms with Gasteiger partial charge in [-0.2, -0.15) is 0 Å². The smallest absolute Gasteiger partial charge is 0.223 e. The van der Waals surface area contributed by atoms with Crippen LogP contribution in [0.4, 0.5) is 4.39 Å². The van der Waals surface area contributed by atoms with Crippen LogP contribution in [0.15, 0.2) is 78.9 Å². The number of rotatable bonds is 7. The lowest BCUT2D eigenvalue weighted by atomic mass is 9.95. The Hall–Kier alpha value is -3.15. The maximum absolute atomic E-state index is 13.1. The summed E-state index contributed by atoms with van der Waals surface area (Å²) in [7, 11) is 0. The van der Waals surface area contributed by atoms with Crippen LogP contribution in [0, 0.1) is 11.7 Å². The van der Waals surface area contributed by atoms with Crippen LogP contribution in [0.5, 0.6) is 0 Å². The quantitative estimate of drug-likeness (QED) is 0.345. The summed E-state index contributed by atoms with van der Waals surface area (Å²) in [5.41, 5.74) is 4.57. The van der Waals surface area contributed by atoms with Crippen LogP contribution in [0.3, 0.4) is 0 Å². The number of carbonyl (C=O) groups is 1. The Labute approximate surface area is 210 Å². The molecule has 0 aliphatic carbocycles. The lowest BCUT2D eigenvalue weighted by Crippen LogP contribution is -2.40. The number of likely N-dealkylation sites (tertiary alicyclic amines) is 1. The van der Waals surface area contributed by atoms with Crippen molar-refractivity contribution in [3.63, 3.8) is 0 Å². The number of para-hydroxylation sites is 1. The number of hydrogen-bond donors (Lipinski definition) is 1. The van der Waals surface area contributed by atoms with Crippen LogP contribution in [-0.2, 0) is 24.4 Å². The van der Waals surface area contributed by atoms with Gasteiger partial charge in [-0.3, -0.25) is 9.69 Å². The Balaban J connectivity index is 1.22. The SMILES string of the molecule is O=C(NCc1ccc(F)cc1)C1CCN(Cc2cc3ccccc3n2Cc2cccc(Cl)c2)CC1. The highest BCUT2D eigenvalue weighted by atomic mass is 35.5. The highest BCUT2D eigenvalue weighted by Gasteiger charge is 2.25. The minimum Gasteiger partial charge on any atom is -0.352 e. The van der Waals surface area contributed by atoms with Gasteiger partial charge in [-0.05, 0) is 78.8 Å². The first-order valence-electron chi connectivity index (χ1n) is 12.1. The number of hydrogen-bond acceptors (Lipinski definition) is 2. The van der Waals surface area contributed by atoms with E-state index in [1.807, 2.05) is 18.2 Å². The largest absolute Gasteiger partial charge is 0.352 e. The van der Waals surface area contributed by atoms with Crippen LogP contribution in [0.25, 0.3) is 10.9 Å². The molecule has 4 nitrogen and oxygen atoms in total. The van der Waals surface area contributed by atoms with Gasteiger partial charge in [0, 0.05) is 41.8 Å². The van der Waals surface area contributed by atoms with Gasteiger partial charge in [-0.15, -0.1) is 0 Å². The van der Waals surface area contributed by atoms with Gasteiger partial charge in [-0.25, -0.2) is 4.39 Å². The number of amides is 1. The second-order valence-electron chi connectivity index (χ2n) is 9.31. The van der Waals surface area contributed by atoms with E-state index in [0.717, 1.165) is 49.6 Å². The monoisotopic (exact) mass is 489 g/mol. The Morgan fingerprint density at radius 2 is 1.69 bits per heavy atom. The summed E-state index contributed by atoms with van der Waals surface area (Å²) in [6, 6.07) is 25.1. The summed E-state index contributed by atoms with van der Waals surface area (Å²) in [4.78, 5) is 15.1. The van der Waals surface area contributed by atoms with E-state index in [1.165, 1.54) is 34.3 Å². The summed E-state index contributed by atoms with van der Waals surface area (Å²) in [5, 5.41) is 5.00. The van der Waals surface area contributed by atoms with E-state index in [1.54, 1.807) is 12.1 Å². The maximum atomic E-state index is 13.1. The molecule has 1 aliphatic rings. The molecule has 1 aliphatic heterocycles. The standard InChI is InChI=1S/C29H29ClFN3O/c30-25-6-3-4-22(16-25)19-34-27(17-24-5-1-2-7-28(24)34)20-33-14-12-23(13-15-33)29(35)32-18-21-8-10-26(31)11-9-21/h1-11,16-17,23H,12-15,18-20H2,(H,32,35). The molecule has 4 aromatic rings. The molecule has 0 spiro atoms. The van der Waals surface area contributed by atoms with Crippen LogP contribution in [0.1, 0.15) is 29.7 Å². The van der Waals surface area contributed by atoms with Crippen LogP contribution < -0.4 is 5.32 Å². The van der Waals surface area contributed by atoms with E-state index in [0.29, 0.717) is 6.54 Å². The van der Waals surface area contributed by atoms with Crippen LogP contribution >= 0.6 is 11.6 Å². The molecule has 1 fully saturated rings. The zero-order valence-electron chi connectivity index (χ0n) is 19.6. The lowest BCUT2D eigenvalue weighted by molar-refractivity contribution is -0.126. The summed E-state index contributed by atoms with van der Waals surface area (Å²) in [6.45, 7) is 3.81. The van der Waals surface area contributed by atoms with Gasteiger partial charge >= 0.3 is 0 Å². The number of nitrogens with one attached hydrogen (secondary N) is 1. The number of halogens is 2. The second-order valence-corrected chi connectivity index (χ2v) is 9.74. The minimum absolute atomic E-state index is 0.0176. The van der Waals surface area contributed by atoms with E-state index in [-0.39, 0.29) is 17.6 Å². The Bertz CT molecular complexity index is 1310. The van der Waals surface area contributed by atoms with Gasteiger partial charge in [0.25, 0.3) is 0 Å². The third kappa shape index (κ3) is 5.75. The Morgan fingerprint density at radius 1 is 0.914 bits per heavy atom. The summed E-state index contributed by atoms with van der Waals surface area (Å²) in [6.07, 6.45) is 1.67. The van der Waals surface area contributed by atoms with Crippen LogP contribution in [-0.4, -0.2) is 28.5 Å². The molecule has 1 aromatic heterocycles. The predicted molar refractivity (Wildman–Crippen MR) is 139 cm³/mol. The zero-order valence-corrected chi connectivity index (χ0v) is 20.3. The normalized spacial score (nSPS) is 14.9. The van der Waals surface area contributed by atoms with E-state index in [4.69, 9.17) is 11.6 Å². The van der Waals surface area contributed by atoms with Crippen molar-refractivity contribution in [3.05, 3.63) is 107 Å². The van der Waals surface area contributed by atoms with Crippen molar-refractivity contribution >= 4 is 28.4 Å². The first-order valence-corrected chi connectivity index (χ1v) is 12.5. The van der Waals surface area contributed by atoms with Gasteiger partial charge in [0.2, 0.25) is 5.91 Å². The zero-order chi connectivity index (χ0) is 24.2. The Kier molecular flexibility index (Phi) is 7.16. The first-order chi connectivity index (χ1) is 17.0. The average Bonchev–Trinajstić information content (AvgIpc) is 3.20. The number of aromatic nitrogens is 1. The molecule has 180 valence electrons. The van der Waals surface area contributed by atoms with Crippen molar-refractivity contribution < 1.29 is 9.18 Å². The Morgan fingerprint density at radius 3 is 2.46 bits per heavy atom. The number of piperidine rings is 1. The second kappa shape index (κ2) is 10.6. The summed E-state index contributed by atoms with van der Waals surface area (Å²) >= 11 is 6.24. The van der Waals surface area contributed by atoms with Gasteiger partial charge in [0.1, 0.15) is 5.82 Å². The summed E-state index contributed by atoms with van der Waals surface area (Å²) < 4.78 is 15.5. The molecule has 6 heteroatoms.